The summed E-state index contributed by atoms with van der Waals surface area (Å²) < 4.78 is 0. The van der Waals surface area contributed by atoms with Crippen molar-refractivity contribution in [2.45, 2.75) is 27.2 Å². The van der Waals surface area contributed by atoms with E-state index in [0.717, 1.165) is 22.4 Å². The molecule has 0 heterocycles. The van der Waals surface area contributed by atoms with E-state index in [9.17, 15) is 9.59 Å². The number of para-hydroxylation sites is 1. The molecule has 130 valence electrons. The van der Waals surface area contributed by atoms with E-state index in [1.54, 1.807) is 6.07 Å². The minimum absolute atomic E-state index is 0.0977. The van der Waals surface area contributed by atoms with Crippen molar-refractivity contribution in [1.82, 2.24) is 0 Å². The van der Waals surface area contributed by atoms with Crippen LogP contribution in [-0.2, 0) is 9.59 Å². The van der Waals surface area contributed by atoms with Crippen LogP contribution in [0.2, 0.25) is 5.02 Å². The Morgan fingerprint density at radius 1 is 0.920 bits per heavy atom. The first kappa shape index (κ1) is 17.5. The Morgan fingerprint density at radius 3 is 2.12 bits per heavy atom. The molecular weight excluding hydrogens is 336 g/mol. The summed E-state index contributed by atoms with van der Waals surface area (Å²) in [4.78, 5) is 24.8. The minimum atomic E-state index is -0.288. The third-order valence-corrected chi connectivity index (χ3v) is 5.04. The van der Waals surface area contributed by atoms with Crippen LogP contribution in [0.5, 0.6) is 0 Å². The molecule has 2 N–H and O–H groups in total. The Kier molecular flexibility index (Phi) is 4.82. The zero-order chi connectivity index (χ0) is 18.1. The number of benzene rings is 2. The van der Waals surface area contributed by atoms with Gasteiger partial charge in [-0.2, -0.15) is 0 Å². The van der Waals surface area contributed by atoms with Gasteiger partial charge in [-0.15, -0.1) is 0 Å². The molecule has 1 aliphatic rings. The number of halogens is 1. The number of rotatable bonds is 4. The van der Waals surface area contributed by atoms with Gasteiger partial charge in [-0.25, -0.2) is 0 Å². The van der Waals surface area contributed by atoms with Crippen LogP contribution in [0.4, 0.5) is 11.4 Å². The van der Waals surface area contributed by atoms with E-state index < -0.39 is 0 Å². The van der Waals surface area contributed by atoms with Crippen molar-refractivity contribution in [2.24, 2.45) is 11.8 Å². The molecule has 0 spiro atoms. The Morgan fingerprint density at radius 2 is 1.52 bits per heavy atom. The van der Waals surface area contributed by atoms with E-state index >= 15 is 0 Å². The maximum Gasteiger partial charge on any atom is 0.228 e. The third-order valence-electron chi connectivity index (χ3n) is 4.63. The second kappa shape index (κ2) is 6.89. The lowest BCUT2D eigenvalue weighted by molar-refractivity contribution is -0.122. The molecule has 2 atom stereocenters. The standard InChI is InChI=1S/C20H21ClN2O2/c1-11-7-8-14(9-17(11)21)22-19(24)15-10-16(15)20(25)23-18-12(2)5-4-6-13(18)3/h4-9,15-16H,10H2,1-3H3,(H,22,24)(H,23,25). The Labute approximate surface area is 152 Å². The van der Waals surface area contributed by atoms with E-state index in [2.05, 4.69) is 10.6 Å². The summed E-state index contributed by atoms with van der Waals surface area (Å²) in [5.41, 5.74) is 4.48. The van der Waals surface area contributed by atoms with Gasteiger partial charge in [-0.05, 0) is 56.0 Å². The molecule has 0 bridgehead atoms. The molecule has 0 aromatic heterocycles. The van der Waals surface area contributed by atoms with Crippen LogP contribution >= 0.6 is 11.6 Å². The molecule has 3 rings (SSSR count). The molecule has 2 aromatic carbocycles. The van der Waals surface area contributed by atoms with E-state index in [-0.39, 0.29) is 23.7 Å². The van der Waals surface area contributed by atoms with Crippen molar-refractivity contribution >= 4 is 34.8 Å². The SMILES string of the molecule is Cc1ccc(NC(=O)C2CC2C(=O)Nc2c(C)cccc2C)cc1Cl. The van der Waals surface area contributed by atoms with Gasteiger partial charge in [0.25, 0.3) is 0 Å². The molecule has 2 aromatic rings. The van der Waals surface area contributed by atoms with Crippen LogP contribution in [0.25, 0.3) is 0 Å². The summed E-state index contributed by atoms with van der Waals surface area (Å²) >= 11 is 6.08. The van der Waals surface area contributed by atoms with E-state index in [0.29, 0.717) is 17.1 Å². The fourth-order valence-corrected chi connectivity index (χ4v) is 3.09. The molecule has 5 heteroatoms. The van der Waals surface area contributed by atoms with Gasteiger partial charge in [-0.3, -0.25) is 9.59 Å². The second-order valence-corrected chi connectivity index (χ2v) is 7.07. The highest BCUT2D eigenvalue weighted by Gasteiger charge is 2.48. The zero-order valence-electron chi connectivity index (χ0n) is 14.5. The van der Waals surface area contributed by atoms with Gasteiger partial charge >= 0.3 is 0 Å². The molecule has 1 aliphatic carbocycles. The van der Waals surface area contributed by atoms with Crippen molar-refractivity contribution in [2.75, 3.05) is 10.6 Å². The quantitative estimate of drug-likeness (QED) is 0.848. The van der Waals surface area contributed by atoms with Crippen molar-refractivity contribution in [1.29, 1.82) is 0 Å². The number of anilines is 2. The first-order valence-electron chi connectivity index (χ1n) is 8.31. The number of nitrogens with one attached hydrogen (secondary N) is 2. The second-order valence-electron chi connectivity index (χ2n) is 6.66. The molecule has 1 fully saturated rings. The fraction of sp³-hybridized carbons (Fsp3) is 0.300. The zero-order valence-corrected chi connectivity index (χ0v) is 15.3. The summed E-state index contributed by atoms with van der Waals surface area (Å²) in [6.07, 6.45) is 0.572. The number of aryl methyl sites for hydroxylation is 3. The molecule has 2 amide bonds. The number of hydrogen-bond donors (Lipinski definition) is 2. The molecule has 4 nitrogen and oxygen atoms in total. The molecule has 0 radical (unpaired) electrons. The predicted octanol–water partition coefficient (Wildman–Crippen LogP) is 4.48. The normalized spacial score (nSPS) is 18.6. The third kappa shape index (κ3) is 3.85. The van der Waals surface area contributed by atoms with Crippen molar-refractivity contribution in [3.63, 3.8) is 0 Å². The van der Waals surface area contributed by atoms with Crippen LogP contribution in [0.15, 0.2) is 36.4 Å². The van der Waals surface area contributed by atoms with Gasteiger partial charge in [0.2, 0.25) is 11.8 Å². The van der Waals surface area contributed by atoms with Crippen LogP contribution in [0.1, 0.15) is 23.1 Å². The molecular formula is C20H21ClN2O2. The summed E-state index contributed by atoms with van der Waals surface area (Å²) in [5.74, 6) is -0.801. The maximum atomic E-state index is 12.4. The highest BCUT2D eigenvalue weighted by atomic mass is 35.5. The number of hydrogen-bond acceptors (Lipinski definition) is 2. The first-order chi connectivity index (χ1) is 11.9. The first-order valence-corrected chi connectivity index (χ1v) is 8.68. The van der Waals surface area contributed by atoms with Gasteiger partial charge < -0.3 is 10.6 Å². The Bertz CT molecular complexity index is 827. The summed E-state index contributed by atoms with van der Waals surface area (Å²) in [6, 6.07) is 11.3. The topological polar surface area (TPSA) is 58.2 Å². The lowest BCUT2D eigenvalue weighted by atomic mass is 10.1. The smallest absolute Gasteiger partial charge is 0.228 e. The Hall–Kier alpha value is -2.33. The highest BCUT2D eigenvalue weighted by molar-refractivity contribution is 6.31. The van der Waals surface area contributed by atoms with Crippen molar-refractivity contribution < 1.29 is 9.59 Å². The van der Waals surface area contributed by atoms with Crippen LogP contribution in [0.3, 0.4) is 0 Å². The van der Waals surface area contributed by atoms with Gasteiger partial charge in [0, 0.05) is 16.4 Å². The monoisotopic (exact) mass is 356 g/mol. The molecule has 1 saturated carbocycles. The lowest BCUT2D eigenvalue weighted by Crippen LogP contribution is -2.21. The molecule has 2 unspecified atom stereocenters. The van der Waals surface area contributed by atoms with Gasteiger partial charge in [0.1, 0.15) is 0 Å². The highest BCUT2D eigenvalue weighted by Crippen LogP contribution is 2.40. The summed E-state index contributed by atoms with van der Waals surface area (Å²) in [5, 5.41) is 6.41. The van der Waals surface area contributed by atoms with Crippen LogP contribution in [0, 0.1) is 32.6 Å². The molecule has 0 saturated heterocycles. The molecule has 0 aliphatic heterocycles. The Balaban J connectivity index is 1.60. The number of carbonyl (C=O) groups is 2. The van der Waals surface area contributed by atoms with E-state index in [1.807, 2.05) is 51.1 Å². The molecule has 25 heavy (non-hydrogen) atoms. The summed E-state index contributed by atoms with van der Waals surface area (Å²) in [6.45, 7) is 5.82. The van der Waals surface area contributed by atoms with Gasteiger partial charge in [0.15, 0.2) is 0 Å². The van der Waals surface area contributed by atoms with Gasteiger partial charge in [-0.1, -0.05) is 35.9 Å². The van der Waals surface area contributed by atoms with E-state index in [4.69, 9.17) is 11.6 Å². The lowest BCUT2D eigenvalue weighted by Gasteiger charge is -2.11. The van der Waals surface area contributed by atoms with Crippen LogP contribution in [-0.4, -0.2) is 11.8 Å². The fourth-order valence-electron chi connectivity index (χ4n) is 2.91. The number of carbonyl (C=O) groups excluding carboxylic acids is 2. The minimum Gasteiger partial charge on any atom is -0.326 e. The summed E-state index contributed by atoms with van der Waals surface area (Å²) in [7, 11) is 0. The van der Waals surface area contributed by atoms with Crippen LogP contribution < -0.4 is 10.6 Å². The largest absolute Gasteiger partial charge is 0.326 e. The number of amides is 2. The maximum absolute atomic E-state index is 12.4. The van der Waals surface area contributed by atoms with E-state index in [1.165, 1.54) is 0 Å². The van der Waals surface area contributed by atoms with Gasteiger partial charge in [0.05, 0.1) is 11.8 Å². The predicted molar refractivity (Wildman–Crippen MR) is 101 cm³/mol. The average Bonchev–Trinajstić information content (AvgIpc) is 3.35. The average molecular weight is 357 g/mol. The van der Waals surface area contributed by atoms with Crippen molar-refractivity contribution in [3.8, 4) is 0 Å². The van der Waals surface area contributed by atoms with Crippen molar-refractivity contribution in [3.05, 3.63) is 58.1 Å².